The van der Waals surface area contributed by atoms with Crippen LogP contribution in [0.5, 0.6) is 0 Å². The van der Waals surface area contributed by atoms with Crippen LogP contribution in [0.4, 0.5) is 11.4 Å². The number of carbonyl (C=O) groups is 1. The number of rotatable bonds is 3. The third-order valence-corrected chi connectivity index (χ3v) is 3.66. The van der Waals surface area contributed by atoms with Crippen molar-refractivity contribution in [3.05, 3.63) is 51.2 Å². The lowest BCUT2D eigenvalue weighted by Crippen LogP contribution is -2.14. The van der Waals surface area contributed by atoms with Gasteiger partial charge in [-0.2, -0.15) is 0 Å². The van der Waals surface area contributed by atoms with E-state index in [1.54, 1.807) is 19.3 Å². The van der Waals surface area contributed by atoms with E-state index in [-0.39, 0.29) is 5.91 Å². The highest BCUT2D eigenvalue weighted by Gasteiger charge is 2.12. The van der Waals surface area contributed by atoms with Crippen LogP contribution in [-0.2, 0) is 0 Å². The van der Waals surface area contributed by atoms with Crippen molar-refractivity contribution in [1.29, 1.82) is 0 Å². The van der Waals surface area contributed by atoms with Crippen molar-refractivity contribution >= 4 is 49.1 Å². The van der Waals surface area contributed by atoms with Gasteiger partial charge in [-0.3, -0.25) is 9.78 Å². The third kappa shape index (κ3) is 3.33. The van der Waals surface area contributed by atoms with Crippen LogP contribution in [0, 0.1) is 0 Å². The molecule has 0 aliphatic carbocycles. The fourth-order valence-corrected chi connectivity index (χ4v) is 2.72. The van der Waals surface area contributed by atoms with Gasteiger partial charge in [0.1, 0.15) is 0 Å². The maximum absolute atomic E-state index is 12.2. The lowest BCUT2D eigenvalue weighted by Gasteiger charge is -2.10. The number of hydrogen-bond acceptors (Lipinski definition) is 3. The second-order valence-corrected chi connectivity index (χ2v) is 5.52. The lowest BCUT2D eigenvalue weighted by atomic mass is 10.2. The van der Waals surface area contributed by atoms with Crippen molar-refractivity contribution in [3.63, 3.8) is 0 Å². The van der Waals surface area contributed by atoms with E-state index >= 15 is 0 Å². The zero-order chi connectivity index (χ0) is 13.8. The molecule has 4 nitrogen and oxygen atoms in total. The standard InChI is InChI=1S/C13H11Br2N3O/c1-16-11-4-5-17-7-9(11)13(19)18-12-3-2-8(14)6-10(12)15/h2-7H,1H3,(H,16,17)(H,18,19). The van der Waals surface area contributed by atoms with Crippen molar-refractivity contribution in [2.24, 2.45) is 0 Å². The molecule has 19 heavy (non-hydrogen) atoms. The smallest absolute Gasteiger partial charge is 0.259 e. The third-order valence-electron chi connectivity index (χ3n) is 2.51. The summed E-state index contributed by atoms with van der Waals surface area (Å²) in [5, 5.41) is 5.81. The van der Waals surface area contributed by atoms with E-state index in [2.05, 4.69) is 47.5 Å². The number of halogens is 2. The number of nitrogens with one attached hydrogen (secondary N) is 2. The summed E-state index contributed by atoms with van der Waals surface area (Å²) in [7, 11) is 1.77. The first-order valence-electron chi connectivity index (χ1n) is 5.50. The summed E-state index contributed by atoms with van der Waals surface area (Å²) in [4.78, 5) is 16.2. The van der Waals surface area contributed by atoms with Gasteiger partial charge in [-0.25, -0.2) is 0 Å². The minimum absolute atomic E-state index is 0.208. The summed E-state index contributed by atoms with van der Waals surface area (Å²) < 4.78 is 1.75. The second kappa shape index (κ2) is 6.16. The van der Waals surface area contributed by atoms with Gasteiger partial charge in [0.05, 0.1) is 11.3 Å². The summed E-state index contributed by atoms with van der Waals surface area (Å²) >= 11 is 6.78. The van der Waals surface area contributed by atoms with Crippen LogP contribution in [0.1, 0.15) is 10.4 Å². The highest BCUT2D eigenvalue weighted by atomic mass is 79.9. The Morgan fingerprint density at radius 1 is 1.21 bits per heavy atom. The molecule has 1 aromatic carbocycles. The van der Waals surface area contributed by atoms with Gasteiger partial charge in [0.2, 0.25) is 0 Å². The fraction of sp³-hybridized carbons (Fsp3) is 0.0769. The van der Waals surface area contributed by atoms with E-state index in [1.807, 2.05) is 18.2 Å². The van der Waals surface area contributed by atoms with Gasteiger partial charge in [0.25, 0.3) is 5.91 Å². The SMILES string of the molecule is CNc1ccncc1C(=O)Nc1ccc(Br)cc1Br. The van der Waals surface area contributed by atoms with Gasteiger partial charge in [0.15, 0.2) is 0 Å². The highest BCUT2D eigenvalue weighted by molar-refractivity contribution is 9.11. The predicted octanol–water partition coefficient (Wildman–Crippen LogP) is 3.90. The van der Waals surface area contributed by atoms with Crippen molar-refractivity contribution in [1.82, 2.24) is 4.98 Å². The molecule has 0 fully saturated rings. The average Bonchev–Trinajstić information content (AvgIpc) is 2.41. The number of pyridine rings is 1. The monoisotopic (exact) mass is 383 g/mol. The first kappa shape index (κ1) is 14.0. The lowest BCUT2D eigenvalue weighted by molar-refractivity contribution is 0.102. The largest absolute Gasteiger partial charge is 0.387 e. The van der Waals surface area contributed by atoms with Crippen LogP contribution in [0.15, 0.2) is 45.6 Å². The maximum atomic E-state index is 12.2. The molecule has 0 aliphatic heterocycles. The molecule has 6 heteroatoms. The van der Waals surface area contributed by atoms with Crippen molar-refractivity contribution in [2.75, 3.05) is 17.7 Å². The number of amides is 1. The summed E-state index contributed by atoms with van der Waals surface area (Å²) in [6, 6.07) is 7.31. The molecule has 1 aromatic heterocycles. The summed E-state index contributed by atoms with van der Waals surface area (Å²) in [5.74, 6) is -0.208. The Hall–Kier alpha value is -1.40. The molecule has 0 aliphatic rings. The van der Waals surface area contributed by atoms with E-state index in [0.717, 1.165) is 14.6 Å². The number of carbonyl (C=O) groups excluding carboxylic acids is 1. The van der Waals surface area contributed by atoms with Gasteiger partial charge in [-0.05, 0) is 40.2 Å². The number of benzene rings is 1. The van der Waals surface area contributed by atoms with Gasteiger partial charge in [-0.1, -0.05) is 15.9 Å². The quantitative estimate of drug-likeness (QED) is 0.843. The zero-order valence-electron chi connectivity index (χ0n) is 10.1. The number of aromatic nitrogens is 1. The maximum Gasteiger partial charge on any atom is 0.259 e. The van der Waals surface area contributed by atoms with E-state index in [4.69, 9.17) is 0 Å². The van der Waals surface area contributed by atoms with E-state index in [0.29, 0.717) is 11.3 Å². The number of nitrogens with zero attached hydrogens (tertiary/aromatic N) is 1. The van der Waals surface area contributed by atoms with Crippen LogP contribution >= 0.6 is 31.9 Å². The molecule has 2 aromatic rings. The van der Waals surface area contributed by atoms with Crippen molar-refractivity contribution in [2.45, 2.75) is 0 Å². The molecule has 0 atom stereocenters. The van der Waals surface area contributed by atoms with Gasteiger partial charge in [-0.15, -0.1) is 0 Å². The molecule has 98 valence electrons. The molecule has 2 rings (SSSR count). The summed E-state index contributed by atoms with van der Waals surface area (Å²) in [6.07, 6.45) is 3.17. The number of hydrogen-bond donors (Lipinski definition) is 2. The summed E-state index contributed by atoms with van der Waals surface area (Å²) in [6.45, 7) is 0. The summed E-state index contributed by atoms with van der Waals surface area (Å²) in [5.41, 5.74) is 1.94. The van der Waals surface area contributed by atoms with Crippen LogP contribution in [0.25, 0.3) is 0 Å². The Morgan fingerprint density at radius 2 is 2.00 bits per heavy atom. The van der Waals surface area contributed by atoms with Crippen LogP contribution in [0.2, 0.25) is 0 Å². The van der Waals surface area contributed by atoms with Gasteiger partial charge < -0.3 is 10.6 Å². The van der Waals surface area contributed by atoms with E-state index in [1.165, 1.54) is 6.20 Å². The zero-order valence-corrected chi connectivity index (χ0v) is 13.2. The fourth-order valence-electron chi connectivity index (χ4n) is 1.57. The van der Waals surface area contributed by atoms with Gasteiger partial charge >= 0.3 is 0 Å². The average molecular weight is 385 g/mol. The molecule has 2 N–H and O–H groups in total. The molecular weight excluding hydrogens is 374 g/mol. The topological polar surface area (TPSA) is 54.0 Å². The predicted molar refractivity (Wildman–Crippen MR) is 83.6 cm³/mol. The first-order chi connectivity index (χ1) is 9.11. The number of anilines is 2. The van der Waals surface area contributed by atoms with E-state index < -0.39 is 0 Å². The van der Waals surface area contributed by atoms with Crippen LogP contribution in [-0.4, -0.2) is 17.9 Å². The van der Waals surface area contributed by atoms with Crippen molar-refractivity contribution in [3.8, 4) is 0 Å². The van der Waals surface area contributed by atoms with Crippen LogP contribution < -0.4 is 10.6 Å². The molecule has 0 unspecified atom stereocenters. The molecule has 0 spiro atoms. The minimum Gasteiger partial charge on any atom is -0.387 e. The highest BCUT2D eigenvalue weighted by Crippen LogP contribution is 2.27. The Morgan fingerprint density at radius 3 is 2.68 bits per heavy atom. The second-order valence-electron chi connectivity index (χ2n) is 3.75. The molecule has 0 saturated carbocycles. The molecule has 0 bridgehead atoms. The molecule has 0 radical (unpaired) electrons. The Balaban J connectivity index is 2.26. The normalized spacial score (nSPS) is 10.1. The Bertz CT molecular complexity index is 617. The Kier molecular flexibility index (Phi) is 4.55. The van der Waals surface area contributed by atoms with Crippen molar-refractivity contribution < 1.29 is 4.79 Å². The molecule has 1 amide bonds. The van der Waals surface area contributed by atoms with Gasteiger partial charge in [0, 0.05) is 34.1 Å². The molecule has 1 heterocycles. The molecular formula is C13H11Br2N3O. The Labute approximate surface area is 127 Å². The first-order valence-corrected chi connectivity index (χ1v) is 7.08. The van der Waals surface area contributed by atoms with E-state index in [9.17, 15) is 4.79 Å². The minimum atomic E-state index is -0.208. The van der Waals surface area contributed by atoms with Crippen LogP contribution in [0.3, 0.4) is 0 Å². The molecule has 0 saturated heterocycles.